The minimum absolute atomic E-state index is 0.143. The van der Waals surface area contributed by atoms with Gasteiger partial charge in [-0.1, -0.05) is 25.1 Å². The molecule has 0 aliphatic heterocycles. The van der Waals surface area contributed by atoms with Gasteiger partial charge in [0.15, 0.2) is 0 Å². The zero-order valence-electron chi connectivity index (χ0n) is 12.1. The summed E-state index contributed by atoms with van der Waals surface area (Å²) in [7, 11) is 0. The molecule has 2 nitrogen and oxygen atoms in total. The summed E-state index contributed by atoms with van der Waals surface area (Å²) in [6.07, 6.45) is -0.661. The molecule has 0 amide bonds. The molecule has 2 rings (SSSR count). The molecule has 0 saturated heterocycles. The Morgan fingerprint density at radius 2 is 2.14 bits per heavy atom. The van der Waals surface area contributed by atoms with E-state index in [9.17, 15) is 8.78 Å². The highest BCUT2D eigenvalue weighted by Crippen LogP contribution is 2.30. The molecule has 1 unspecified atom stereocenters. The number of rotatable bonds is 9. The predicted molar refractivity (Wildman–Crippen MR) is 84.3 cm³/mol. The van der Waals surface area contributed by atoms with Gasteiger partial charge in [0.25, 0.3) is 6.43 Å². The Hall–Kier alpha value is -1.04. The van der Waals surface area contributed by atoms with Gasteiger partial charge in [-0.25, -0.2) is 8.78 Å². The van der Waals surface area contributed by atoms with Gasteiger partial charge in [-0.15, -0.1) is 11.3 Å². The summed E-state index contributed by atoms with van der Waals surface area (Å²) in [6, 6.07) is 8.50. The largest absolute Gasteiger partial charge is 0.375 e. The molecule has 1 heterocycles. The molecule has 0 bridgehead atoms. The highest BCUT2D eigenvalue weighted by Gasteiger charge is 2.14. The second-order valence-electron chi connectivity index (χ2n) is 4.95. The number of hydrogen-bond acceptors (Lipinski definition) is 3. The summed E-state index contributed by atoms with van der Waals surface area (Å²) in [4.78, 5) is 0. The van der Waals surface area contributed by atoms with E-state index in [2.05, 4.69) is 35.8 Å². The van der Waals surface area contributed by atoms with Crippen molar-refractivity contribution in [3.63, 3.8) is 0 Å². The second-order valence-corrected chi connectivity index (χ2v) is 5.86. The minimum Gasteiger partial charge on any atom is -0.375 e. The third-order valence-corrected chi connectivity index (χ3v) is 4.30. The molecule has 0 fully saturated rings. The summed E-state index contributed by atoms with van der Waals surface area (Å²) in [5.41, 5.74) is 1.23. The number of fused-ring (bicyclic) bond motifs is 1. The van der Waals surface area contributed by atoms with E-state index in [0.717, 1.165) is 13.0 Å². The second kappa shape index (κ2) is 8.41. The lowest BCUT2D eigenvalue weighted by atomic mass is 10.0. The zero-order valence-corrected chi connectivity index (χ0v) is 13.0. The lowest BCUT2D eigenvalue weighted by Gasteiger charge is -2.20. The van der Waals surface area contributed by atoms with Gasteiger partial charge in [0.2, 0.25) is 0 Å². The first-order valence-electron chi connectivity index (χ1n) is 7.27. The van der Waals surface area contributed by atoms with Gasteiger partial charge in [-0.3, -0.25) is 0 Å². The molecule has 0 radical (unpaired) electrons. The fraction of sp³-hybridized carbons (Fsp3) is 0.500. The molecular formula is C16H21F2NOS. The van der Waals surface area contributed by atoms with Gasteiger partial charge in [0.1, 0.15) is 6.61 Å². The number of hydrogen-bond donors (Lipinski definition) is 1. The van der Waals surface area contributed by atoms with E-state index in [1.807, 2.05) is 6.07 Å². The van der Waals surface area contributed by atoms with Crippen LogP contribution < -0.4 is 5.32 Å². The molecule has 0 spiro atoms. The molecule has 0 saturated carbocycles. The smallest absolute Gasteiger partial charge is 0.261 e. The Morgan fingerprint density at radius 3 is 2.90 bits per heavy atom. The normalized spacial score (nSPS) is 13.1. The molecule has 0 aliphatic rings. The maximum atomic E-state index is 12.1. The van der Waals surface area contributed by atoms with E-state index in [-0.39, 0.29) is 6.04 Å². The van der Waals surface area contributed by atoms with Crippen LogP contribution in [0.1, 0.15) is 31.4 Å². The predicted octanol–water partition coefficient (Wildman–Crippen LogP) is 4.61. The Bertz CT molecular complexity index is 544. The molecule has 2 aromatic rings. The van der Waals surface area contributed by atoms with Crippen LogP contribution in [0.5, 0.6) is 0 Å². The Labute approximate surface area is 128 Å². The van der Waals surface area contributed by atoms with Gasteiger partial charge in [0, 0.05) is 17.3 Å². The van der Waals surface area contributed by atoms with E-state index in [1.165, 1.54) is 15.6 Å². The summed E-state index contributed by atoms with van der Waals surface area (Å²) in [5, 5.41) is 6.81. The van der Waals surface area contributed by atoms with E-state index in [0.29, 0.717) is 13.0 Å². The maximum absolute atomic E-state index is 12.1. The number of alkyl halides is 2. The van der Waals surface area contributed by atoms with Gasteiger partial charge in [-0.2, -0.15) is 0 Å². The van der Waals surface area contributed by atoms with Crippen LogP contribution in [-0.2, 0) is 4.74 Å². The maximum Gasteiger partial charge on any atom is 0.261 e. The van der Waals surface area contributed by atoms with Gasteiger partial charge in [-0.05, 0) is 41.8 Å². The van der Waals surface area contributed by atoms with Crippen LogP contribution in [0.2, 0.25) is 0 Å². The van der Waals surface area contributed by atoms with Crippen LogP contribution in [0.25, 0.3) is 10.1 Å². The van der Waals surface area contributed by atoms with Crippen molar-refractivity contribution in [2.45, 2.75) is 32.2 Å². The third kappa shape index (κ3) is 4.73. The molecular weight excluding hydrogens is 292 g/mol. The summed E-state index contributed by atoms with van der Waals surface area (Å²) < 4.78 is 30.5. The van der Waals surface area contributed by atoms with Crippen molar-refractivity contribution in [2.24, 2.45) is 0 Å². The number of benzene rings is 1. The monoisotopic (exact) mass is 313 g/mol. The Morgan fingerprint density at radius 1 is 1.29 bits per heavy atom. The van der Waals surface area contributed by atoms with Crippen molar-refractivity contribution in [3.8, 4) is 0 Å². The first-order valence-corrected chi connectivity index (χ1v) is 8.15. The van der Waals surface area contributed by atoms with Crippen molar-refractivity contribution >= 4 is 21.4 Å². The number of nitrogens with one attached hydrogen (secondary N) is 1. The topological polar surface area (TPSA) is 21.3 Å². The van der Waals surface area contributed by atoms with Crippen LogP contribution in [0.4, 0.5) is 8.78 Å². The standard InChI is InChI=1S/C16H21F2NOS/c1-2-8-19-14(6-9-20-11-15(17)18)13-5-3-4-12-7-10-21-16(12)13/h3-5,7,10,14-15,19H,2,6,8-9,11H2,1H3. The molecule has 1 aromatic carbocycles. The fourth-order valence-electron chi connectivity index (χ4n) is 2.35. The van der Waals surface area contributed by atoms with Crippen LogP contribution in [0.3, 0.4) is 0 Å². The highest BCUT2D eigenvalue weighted by atomic mass is 32.1. The van der Waals surface area contributed by atoms with Gasteiger partial charge < -0.3 is 10.1 Å². The van der Waals surface area contributed by atoms with E-state index >= 15 is 0 Å². The van der Waals surface area contributed by atoms with Gasteiger partial charge in [0.05, 0.1) is 0 Å². The van der Waals surface area contributed by atoms with E-state index < -0.39 is 13.0 Å². The molecule has 1 N–H and O–H groups in total. The van der Waals surface area contributed by atoms with Gasteiger partial charge >= 0.3 is 0 Å². The molecule has 21 heavy (non-hydrogen) atoms. The van der Waals surface area contributed by atoms with E-state index in [4.69, 9.17) is 4.74 Å². The fourth-order valence-corrected chi connectivity index (χ4v) is 3.32. The quantitative estimate of drug-likeness (QED) is 0.682. The number of ether oxygens (including phenoxy) is 1. The van der Waals surface area contributed by atoms with Crippen LogP contribution >= 0.6 is 11.3 Å². The van der Waals surface area contributed by atoms with Crippen molar-refractivity contribution in [3.05, 3.63) is 35.2 Å². The van der Waals surface area contributed by atoms with E-state index in [1.54, 1.807) is 11.3 Å². The van der Waals surface area contributed by atoms with Crippen LogP contribution in [0.15, 0.2) is 29.6 Å². The van der Waals surface area contributed by atoms with Crippen molar-refractivity contribution < 1.29 is 13.5 Å². The van der Waals surface area contributed by atoms with Crippen molar-refractivity contribution in [2.75, 3.05) is 19.8 Å². The summed E-state index contributed by atoms with van der Waals surface area (Å²) >= 11 is 1.72. The SMILES string of the molecule is CCCNC(CCOCC(F)F)c1cccc2ccsc12. The molecule has 116 valence electrons. The van der Waals surface area contributed by atoms with Crippen LogP contribution in [-0.4, -0.2) is 26.2 Å². The summed E-state index contributed by atoms with van der Waals surface area (Å²) in [6.45, 7) is 2.88. The van der Waals surface area contributed by atoms with Crippen molar-refractivity contribution in [1.82, 2.24) is 5.32 Å². The average molecular weight is 313 g/mol. The molecule has 0 aliphatic carbocycles. The third-order valence-electron chi connectivity index (χ3n) is 3.32. The molecule has 5 heteroatoms. The Balaban J connectivity index is 2.06. The first kappa shape index (κ1) is 16.3. The first-order chi connectivity index (χ1) is 10.2. The summed E-state index contributed by atoms with van der Waals surface area (Å²) in [5.74, 6) is 0. The zero-order chi connectivity index (χ0) is 15.1. The van der Waals surface area contributed by atoms with Crippen molar-refractivity contribution in [1.29, 1.82) is 0 Å². The molecule has 1 atom stereocenters. The lowest BCUT2D eigenvalue weighted by molar-refractivity contribution is 0.0144. The lowest BCUT2D eigenvalue weighted by Crippen LogP contribution is -2.24. The van der Waals surface area contributed by atoms with Crippen LogP contribution in [0, 0.1) is 0 Å². The number of halogens is 2. The highest BCUT2D eigenvalue weighted by molar-refractivity contribution is 7.17. The average Bonchev–Trinajstić information content (AvgIpc) is 2.95. The Kier molecular flexibility index (Phi) is 6.54. The number of thiophene rings is 1. The minimum atomic E-state index is -2.40. The molecule has 1 aromatic heterocycles.